The molecule has 1 heterocycles. The normalized spacial score (nSPS) is 20.5. The van der Waals surface area contributed by atoms with Crippen molar-refractivity contribution in [3.05, 3.63) is 34.1 Å². The lowest BCUT2D eigenvalue weighted by atomic mass is 9.84. The Morgan fingerprint density at radius 3 is 2.82 bits per heavy atom. The molecule has 0 aliphatic carbocycles. The molecule has 94 valence electrons. The number of piperidine rings is 1. The van der Waals surface area contributed by atoms with E-state index in [9.17, 15) is 4.39 Å². The Morgan fingerprint density at radius 2 is 2.18 bits per heavy atom. The summed E-state index contributed by atoms with van der Waals surface area (Å²) in [6.45, 7) is 7.84. The van der Waals surface area contributed by atoms with Crippen LogP contribution in [-0.2, 0) is 6.54 Å². The van der Waals surface area contributed by atoms with Gasteiger partial charge in [0.1, 0.15) is 5.82 Å². The standard InChI is InChI=1S/C14H19BrFN/c1-14(2)6-3-7-17(10-14)9-11-4-5-13(16)12(15)8-11/h4-5,8H,3,6-7,9-10H2,1-2H3. The van der Waals surface area contributed by atoms with Gasteiger partial charge in [0.15, 0.2) is 0 Å². The number of likely N-dealkylation sites (tertiary alicyclic amines) is 1. The van der Waals surface area contributed by atoms with Crippen molar-refractivity contribution in [2.24, 2.45) is 5.41 Å². The van der Waals surface area contributed by atoms with Crippen molar-refractivity contribution in [2.45, 2.75) is 33.2 Å². The minimum Gasteiger partial charge on any atom is -0.299 e. The topological polar surface area (TPSA) is 3.24 Å². The van der Waals surface area contributed by atoms with Crippen LogP contribution in [0, 0.1) is 11.2 Å². The van der Waals surface area contributed by atoms with Gasteiger partial charge in [-0.15, -0.1) is 0 Å². The van der Waals surface area contributed by atoms with Crippen LogP contribution in [0.25, 0.3) is 0 Å². The van der Waals surface area contributed by atoms with Crippen LogP contribution in [0.15, 0.2) is 22.7 Å². The number of hydrogen-bond acceptors (Lipinski definition) is 1. The molecule has 0 aromatic heterocycles. The highest BCUT2D eigenvalue weighted by molar-refractivity contribution is 9.10. The molecule has 0 N–H and O–H groups in total. The second-order valence-corrected chi connectivity index (χ2v) is 6.58. The zero-order valence-electron chi connectivity index (χ0n) is 10.5. The largest absolute Gasteiger partial charge is 0.299 e. The molecule has 1 aliphatic heterocycles. The van der Waals surface area contributed by atoms with Gasteiger partial charge in [-0.1, -0.05) is 19.9 Å². The molecule has 0 radical (unpaired) electrons. The first-order valence-corrected chi connectivity index (χ1v) is 6.92. The van der Waals surface area contributed by atoms with Gasteiger partial charge in [0.2, 0.25) is 0 Å². The molecule has 1 aliphatic rings. The highest BCUT2D eigenvalue weighted by atomic mass is 79.9. The van der Waals surface area contributed by atoms with E-state index in [0.717, 1.165) is 19.6 Å². The van der Waals surface area contributed by atoms with Crippen LogP contribution in [0.5, 0.6) is 0 Å². The van der Waals surface area contributed by atoms with Crippen molar-refractivity contribution >= 4 is 15.9 Å². The molecule has 0 amide bonds. The number of benzene rings is 1. The molecule has 0 bridgehead atoms. The van der Waals surface area contributed by atoms with Gasteiger partial charge in [0, 0.05) is 13.1 Å². The smallest absolute Gasteiger partial charge is 0.137 e. The number of nitrogens with zero attached hydrogens (tertiary/aromatic N) is 1. The van der Waals surface area contributed by atoms with Crippen molar-refractivity contribution in [1.29, 1.82) is 0 Å². The molecule has 1 fully saturated rings. The third-order valence-corrected chi connectivity index (χ3v) is 3.98. The first-order chi connectivity index (χ1) is 7.96. The summed E-state index contributed by atoms with van der Waals surface area (Å²) in [7, 11) is 0. The second kappa shape index (κ2) is 5.07. The monoisotopic (exact) mass is 299 g/mol. The van der Waals surface area contributed by atoms with Crippen LogP contribution in [-0.4, -0.2) is 18.0 Å². The minimum absolute atomic E-state index is 0.187. The molecule has 2 rings (SSSR count). The van der Waals surface area contributed by atoms with Crippen molar-refractivity contribution in [2.75, 3.05) is 13.1 Å². The van der Waals surface area contributed by atoms with Crippen LogP contribution < -0.4 is 0 Å². The van der Waals surface area contributed by atoms with E-state index in [2.05, 4.69) is 34.7 Å². The molecule has 1 nitrogen and oxygen atoms in total. The molecule has 0 atom stereocenters. The quantitative estimate of drug-likeness (QED) is 0.791. The van der Waals surface area contributed by atoms with Gasteiger partial charge in [0.25, 0.3) is 0 Å². The summed E-state index contributed by atoms with van der Waals surface area (Å²) in [6, 6.07) is 5.30. The minimum atomic E-state index is -0.187. The highest BCUT2D eigenvalue weighted by Gasteiger charge is 2.26. The summed E-state index contributed by atoms with van der Waals surface area (Å²) in [4.78, 5) is 2.46. The fourth-order valence-electron chi connectivity index (χ4n) is 2.58. The fraction of sp³-hybridized carbons (Fsp3) is 0.571. The van der Waals surface area contributed by atoms with Gasteiger partial charge < -0.3 is 0 Å². The Hall–Kier alpha value is -0.410. The van der Waals surface area contributed by atoms with Gasteiger partial charge in [-0.2, -0.15) is 0 Å². The molecule has 0 unspecified atom stereocenters. The van der Waals surface area contributed by atoms with Crippen molar-refractivity contribution < 1.29 is 4.39 Å². The van der Waals surface area contributed by atoms with Crippen LogP contribution in [0.4, 0.5) is 4.39 Å². The summed E-state index contributed by atoms with van der Waals surface area (Å²) in [5.41, 5.74) is 1.59. The third kappa shape index (κ3) is 3.52. The Labute approximate surface area is 111 Å². The summed E-state index contributed by atoms with van der Waals surface area (Å²) in [5.74, 6) is -0.187. The van der Waals surface area contributed by atoms with E-state index >= 15 is 0 Å². The Bertz CT molecular complexity index is 403. The van der Waals surface area contributed by atoms with Gasteiger partial charge in [-0.05, 0) is 58.4 Å². The Kier molecular flexibility index (Phi) is 3.88. The average Bonchev–Trinajstić information content (AvgIpc) is 2.22. The Balaban J connectivity index is 2.03. The highest BCUT2D eigenvalue weighted by Crippen LogP contribution is 2.29. The number of hydrogen-bond donors (Lipinski definition) is 0. The zero-order valence-corrected chi connectivity index (χ0v) is 12.1. The molecule has 1 aromatic rings. The lowest BCUT2D eigenvalue weighted by Gasteiger charge is -2.38. The average molecular weight is 300 g/mol. The van der Waals surface area contributed by atoms with Gasteiger partial charge in [-0.3, -0.25) is 4.90 Å². The van der Waals surface area contributed by atoms with E-state index in [0.29, 0.717) is 9.89 Å². The maximum absolute atomic E-state index is 13.1. The predicted octanol–water partition coefficient (Wildman–Crippen LogP) is 4.21. The zero-order chi connectivity index (χ0) is 12.5. The van der Waals surface area contributed by atoms with E-state index in [1.807, 2.05) is 12.1 Å². The lowest BCUT2D eigenvalue weighted by Crippen LogP contribution is -2.39. The summed E-state index contributed by atoms with van der Waals surface area (Å²) in [6.07, 6.45) is 2.56. The molecular weight excluding hydrogens is 281 g/mol. The van der Waals surface area contributed by atoms with E-state index in [4.69, 9.17) is 0 Å². The van der Waals surface area contributed by atoms with E-state index in [1.54, 1.807) is 0 Å². The molecule has 17 heavy (non-hydrogen) atoms. The van der Waals surface area contributed by atoms with Crippen LogP contribution in [0.1, 0.15) is 32.3 Å². The van der Waals surface area contributed by atoms with Crippen molar-refractivity contribution in [3.8, 4) is 0 Å². The number of halogens is 2. The summed E-state index contributed by atoms with van der Waals surface area (Å²) in [5, 5.41) is 0. The van der Waals surface area contributed by atoms with Gasteiger partial charge >= 0.3 is 0 Å². The molecule has 0 spiro atoms. The summed E-state index contributed by atoms with van der Waals surface area (Å²) < 4.78 is 13.7. The summed E-state index contributed by atoms with van der Waals surface area (Å²) >= 11 is 3.24. The first-order valence-electron chi connectivity index (χ1n) is 6.13. The fourth-order valence-corrected chi connectivity index (χ4v) is 3.00. The molecule has 3 heteroatoms. The van der Waals surface area contributed by atoms with E-state index in [1.165, 1.54) is 24.5 Å². The SMILES string of the molecule is CC1(C)CCCN(Cc2ccc(F)c(Br)c2)C1. The maximum atomic E-state index is 13.1. The molecule has 0 saturated carbocycles. The molecule has 1 aromatic carbocycles. The van der Waals surface area contributed by atoms with E-state index < -0.39 is 0 Å². The van der Waals surface area contributed by atoms with E-state index in [-0.39, 0.29) is 5.82 Å². The number of rotatable bonds is 2. The van der Waals surface area contributed by atoms with Crippen LogP contribution in [0.2, 0.25) is 0 Å². The van der Waals surface area contributed by atoms with Crippen molar-refractivity contribution in [1.82, 2.24) is 4.90 Å². The maximum Gasteiger partial charge on any atom is 0.137 e. The van der Waals surface area contributed by atoms with Crippen molar-refractivity contribution in [3.63, 3.8) is 0 Å². The van der Waals surface area contributed by atoms with Crippen LogP contribution >= 0.6 is 15.9 Å². The third-order valence-electron chi connectivity index (χ3n) is 3.37. The lowest BCUT2D eigenvalue weighted by molar-refractivity contribution is 0.111. The molecular formula is C14H19BrFN. The Morgan fingerprint density at radius 1 is 1.41 bits per heavy atom. The molecule has 1 saturated heterocycles. The van der Waals surface area contributed by atoms with Crippen LogP contribution in [0.3, 0.4) is 0 Å². The predicted molar refractivity (Wildman–Crippen MR) is 72.4 cm³/mol. The van der Waals surface area contributed by atoms with Gasteiger partial charge in [-0.25, -0.2) is 4.39 Å². The first kappa shape index (κ1) is 13.0. The van der Waals surface area contributed by atoms with Gasteiger partial charge in [0.05, 0.1) is 4.47 Å². The second-order valence-electron chi connectivity index (χ2n) is 5.73.